The molecule has 25 heavy (non-hydrogen) atoms. The molecule has 4 rings (SSSR count). The number of fused-ring (bicyclic) bond motifs is 1. The van der Waals surface area contributed by atoms with Crippen molar-refractivity contribution in [3.05, 3.63) is 75.9 Å². The molecule has 1 amide bonds. The minimum atomic E-state index is 0.0950. The number of rotatable bonds is 2. The standard InChI is InChI=1S/C21H19BrN2O/c1-14-3-2-4-18-19(13-23-20(14)18)15-9-11-24(12-10-15)21(25)16-5-7-17(22)8-6-16/h2-9,13,23H,10-12H2,1H3. The number of aryl methyl sites for hydroxylation is 1. The molecule has 2 heterocycles. The summed E-state index contributed by atoms with van der Waals surface area (Å²) in [6.07, 6.45) is 5.16. The molecule has 2 aromatic carbocycles. The van der Waals surface area contributed by atoms with Crippen molar-refractivity contribution < 1.29 is 4.79 Å². The summed E-state index contributed by atoms with van der Waals surface area (Å²) < 4.78 is 0.986. The minimum absolute atomic E-state index is 0.0950. The van der Waals surface area contributed by atoms with Gasteiger partial charge in [0.25, 0.3) is 5.91 Å². The van der Waals surface area contributed by atoms with Gasteiger partial charge < -0.3 is 9.88 Å². The van der Waals surface area contributed by atoms with Crippen LogP contribution >= 0.6 is 15.9 Å². The van der Waals surface area contributed by atoms with E-state index in [2.05, 4.69) is 58.3 Å². The van der Waals surface area contributed by atoms with Crippen molar-refractivity contribution in [1.82, 2.24) is 9.88 Å². The Kier molecular flexibility index (Phi) is 4.22. The van der Waals surface area contributed by atoms with E-state index in [0.717, 1.165) is 23.0 Å². The summed E-state index contributed by atoms with van der Waals surface area (Å²) >= 11 is 3.41. The number of hydrogen-bond acceptors (Lipinski definition) is 1. The third-order valence-electron chi connectivity index (χ3n) is 4.86. The SMILES string of the molecule is Cc1cccc2c(C3=CCN(C(=O)c4ccc(Br)cc4)CC3)c[nH]c12. The fraction of sp³-hybridized carbons (Fsp3) is 0.190. The maximum Gasteiger partial charge on any atom is 0.254 e. The summed E-state index contributed by atoms with van der Waals surface area (Å²) in [5.41, 5.74) is 5.77. The van der Waals surface area contributed by atoms with Crippen molar-refractivity contribution in [2.45, 2.75) is 13.3 Å². The smallest absolute Gasteiger partial charge is 0.254 e. The van der Waals surface area contributed by atoms with Crippen LogP contribution in [0.25, 0.3) is 16.5 Å². The molecule has 3 nitrogen and oxygen atoms in total. The lowest BCUT2D eigenvalue weighted by Crippen LogP contribution is -2.34. The van der Waals surface area contributed by atoms with E-state index in [9.17, 15) is 4.79 Å². The summed E-state index contributed by atoms with van der Waals surface area (Å²) in [5.74, 6) is 0.0950. The fourth-order valence-electron chi connectivity index (χ4n) is 3.44. The third-order valence-corrected chi connectivity index (χ3v) is 5.39. The van der Waals surface area contributed by atoms with Gasteiger partial charge in [0.15, 0.2) is 0 Å². The zero-order valence-corrected chi connectivity index (χ0v) is 15.6. The van der Waals surface area contributed by atoms with Crippen LogP contribution in [-0.4, -0.2) is 28.9 Å². The Bertz CT molecular complexity index is 969. The molecule has 0 radical (unpaired) electrons. The largest absolute Gasteiger partial charge is 0.360 e. The number of nitrogens with one attached hydrogen (secondary N) is 1. The first-order valence-corrected chi connectivity index (χ1v) is 9.24. The topological polar surface area (TPSA) is 36.1 Å². The van der Waals surface area contributed by atoms with Crippen LogP contribution in [0.1, 0.15) is 27.9 Å². The van der Waals surface area contributed by atoms with Gasteiger partial charge in [0.05, 0.1) is 0 Å². The van der Waals surface area contributed by atoms with Crippen molar-refractivity contribution in [3.63, 3.8) is 0 Å². The maximum atomic E-state index is 12.6. The van der Waals surface area contributed by atoms with Crippen LogP contribution in [-0.2, 0) is 0 Å². The van der Waals surface area contributed by atoms with Crippen molar-refractivity contribution in [2.75, 3.05) is 13.1 Å². The van der Waals surface area contributed by atoms with E-state index in [1.165, 1.54) is 27.6 Å². The first-order valence-electron chi connectivity index (χ1n) is 8.44. The van der Waals surface area contributed by atoms with E-state index in [1.54, 1.807) is 0 Å². The molecule has 0 spiro atoms. The first kappa shape index (κ1) is 16.2. The quantitative estimate of drug-likeness (QED) is 0.639. The van der Waals surface area contributed by atoms with Gasteiger partial charge in [-0.25, -0.2) is 0 Å². The molecule has 1 N–H and O–H groups in total. The highest BCUT2D eigenvalue weighted by Gasteiger charge is 2.20. The minimum Gasteiger partial charge on any atom is -0.360 e. The van der Waals surface area contributed by atoms with Gasteiger partial charge >= 0.3 is 0 Å². The number of H-pyrrole nitrogens is 1. The molecular formula is C21H19BrN2O. The van der Waals surface area contributed by atoms with Crippen LogP contribution in [0, 0.1) is 6.92 Å². The second kappa shape index (κ2) is 6.52. The molecule has 4 heteroatoms. The number of para-hydroxylation sites is 1. The van der Waals surface area contributed by atoms with Gasteiger partial charge in [-0.15, -0.1) is 0 Å². The molecular weight excluding hydrogens is 376 g/mol. The van der Waals surface area contributed by atoms with Crippen LogP contribution in [0.15, 0.2) is 59.2 Å². The van der Waals surface area contributed by atoms with E-state index in [4.69, 9.17) is 0 Å². The molecule has 1 aromatic heterocycles. The Hall–Kier alpha value is -2.33. The molecule has 0 aliphatic carbocycles. The number of aromatic amines is 1. The highest BCUT2D eigenvalue weighted by Crippen LogP contribution is 2.30. The molecule has 0 saturated carbocycles. The molecule has 0 saturated heterocycles. The lowest BCUT2D eigenvalue weighted by Gasteiger charge is -2.26. The van der Waals surface area contributed by atoms with Crippen LogP contribution < -0.4 is 0 Å². The number of nitrogens with zero attached hydrogens (tertiary/aromatic N) is 1. The molecule has 1 aliphatic rings. The van der Waals surface area contributed by atoms with Gasteiger partial charge in [0.1, 0.15) is 0 Å². The number of carbonyl (C=O) groups excluding carboxylic acids is 1. The van der Waals surface area contributed by atoms with Crippen LogP contribution in [0.5, 0.6) is 0 Å². The van der Waals surface area contributed by atoms with Crippen molar-refractivity contribution in [3.8, 4) is 0 Å². The molecule has 126 valence electrons. The van der Waals surface area contributed by atoms with Gasteiger partial charge in [-0.05, 0) is 48.7 Å². The summed E-state index contributed by atoms with van der Waals surface area (Å²) in [6, 6.07) is 13.9. The van der Waals surface area contributed by atoms with Crippen molar-refractivity contribution >= 4 is 38.3 Å². The Morgan fingerprint density at radius 3 is 2.68 bits per heavy atom. The van der Waals surface area contributed by atoms with Gasteiger partial charge in [-0.3, -0.25) is 4.79 Å². The Morgan fingerprint density at radius 2 is 1.96 bits per heavy atom. The van der Waals surface area contributed by atoms with Gasteiger partial charge in [-0.2, -0.15) is 0 Å². The number of halogens is 1. The molecule has 0 atom stereocenters. The lowest BCUT2D eigenvalue weighted by molar-refractivity contribution is 0.0773. The predicted octanol–water partition coefficient (Wildman–Crippen LogP) is 5.17. The average Bonchev–Trinajstić information content (AvgIpc) is 3.07. The summed E-state index contributed by atoms with van der Waals surface area (Å²) in [6.45, 7) is 3.53. The third kappa shape index (κ3) is 3.02. The monoisotopic (exact) mass is 394 g/mol. The van der Waals surface area contributed by atoms with Crippen molar-refractivity contribution in [2.24, 2.45) is 0 Å². The average molecular weight is 395 g/mol. The normalized spacial score (nSPS) is 14.6. The lowest BCUT2D eigenvalue weighted by atomic mass is 9.98. The zero-order chi connectivity index (χ0) is 17.4. The zero-order valence-electron chi connectivity index (χ0n) is 14.1. The maximum absolute atomic E-state index is 12.6. The van der Waals surface area contributed by atoms with Crippen LogP contribution in [0.4, 0.5) is 0 Å². The van der Waals surface area contributed by atoms with Crippen LogP contribution in [0.2, 0.25) is 0 Å². The van der Waals surface area contributed by atoms with Crippen molar-refractivity contribution in [1.29, 1.82) is 0 Å². The Morgan fingerprint density at radius 1 is 1.16 bits per heavy atom. The summed E-state index contributed by atoms with van der Waals surface area (Å²) in [7, 11) is 0. The summed E-state index contributed by atoms with van der Waals surface area (Å²) in [4.78, 5) is 17.9. The number of carbonyl (C=O) groups is 1. The number of amides is 1. The van der Waals surface area contributed by atoms with E-state index in [0.29, 0.717) is 6.54 Å². The number of aromatic nitrogens is 1. The Balaban J connectivity index is 1.56. The Labute approximate surface area is 155 Å². The van der Waals surface area contributed by atoms with E-state index in [-0.39, 0.29) is 5.91 Å². The van der Waals surface area contributed by atoms with Gasteiger partial charge in [-0.1, -0.05) is 40.2 Å². The number of benzene rings is 2. The molecule has 3 aromatic rings. The highest BCUT2D eigenvalue weighted by molar-refractivity contribution is 9.10. The van der Waals surface area contributed by atoms with E-state index < -0.39 is 0 Å². The highest BCUT2D eigenvalue weighted by atomic mass is 79.9. The molecule has 1 aliphatic heterocycles. The van der Waals surface area contributed by atoms with E-state index >= 15 is 0 Å². The predicted molar refractivity (Wildman–Crippen MR) is 106 cm³/mol. The number of hydrogen-bond donors (Lipinski definition) is 1. The van der Waals surface area contributed by atoms with E-state index in [1.807, 2.05) is 29.2 Å². The van der Waals surface area contributed by atoms with Crippen LogP contribution in [0.3, 0.4) is 0 Å². The first-order chi connectivity index (χ1) is 12.1. The fourth-order valence-corrected chi connectivity index (χ4v) is 3.71. The molecule has 0 unspecified atom stereocenters. The second-order valence-electron chi connectivity index (χ2n) is 6.44. The molecule has 0 fully saturated rings. The summed E-state index contributed by atoms with van der Waals surface area (Å²) in [5, 5.41) is 1.26. The second-order valence-corrected chi connectivity index (χ2v) is 7.35. The molecule has 0 bridgehead atoms. The van der Waals surface area contributed by atoms with Gasteiger partial charge in [0.2, 0.25) is 0 Å². The van der Waals surface area contributed by atoms with Gasteiger partial charge in [0, 0.05) is 45.8 Å².